The van der Waals surface area contributed by atoms with Gasteiger partial charge in [0.25, 0.3) is 0 Å². The van der Waals surface area contributed by atoms with Gasteiger partial charge in [0.1, 0.15) is 5.82 Å². The van der Waals surface area contributed by atoms with E-state index in [0.29, 0.717) is 12.4 Å². The number of pyridine rings is 2. The first kappa shape index (κ1) is 13.8. The van der Waals surface area contributed by atoms with Crippen molar-refractivity contribution in [3.63, 3.8) is 0 Å². The molecule has 1 N–H and O–H groups in total. The molecule has 0 amide bonds. The standard InChI is InChI=1S/C16H14BrN3O/c1-21-15-9-11(7-8-18-15)10-19-14-6-5-12-3-2-4-13(17)16(12)20-14/h2-9H,10H2,1H3,(H,19,20). The Balaban J connectivity index is 1.80. The number of aromatic nitrogens is 2. The Labute approximate surface area is 131 Å². The van der Waals surface area contributed by atoms with Crippen molar-refractivity contribution in [2.24, 2.45) is 0 Å². The second-order valence-corrected chi connectivity index (χ2v) is 5.42. The predicted molar refractivity (Wildman–Crippen MR) is 87.6 cm³/mol. The lowest BCUT2D eigenvalue weighted by Gasteiger charge is -2.08. The predicted octanol–water partition coefficient (Wildman–Crippen LogP) is 4.01. The number of ether oxygens (including phenoxy) is 1. The molecule has 0 aliphatic rings. The van der Waals surface area contributed by atoms with E-state index in [4.69, 9.17) is 4.74 Å². The largest absolute Gasteiger partial charge is 0.481 e. The van der Waals surface area contributed by atoms with Crippen LogP contribution < -0.4 is 10.1 Å². The van der Waals surface area contributed by atoms with E-state index in [-0.39, 0.29) is 0 Å². The minimum absolute atomic E-state index is 0.614. The van der Waals surface area contributed by atoms with Crippen LogP contribution >= 0.6 is 15.9 Å². The van der Waals surface area contributed by atoms with E-state index in [1.165, 1.54) is 0 Å². The molecule has 0 spiro atoms. The molecule has 0 unspecified atom stereocenters. The SMILES string of the molecule is COc1cc(CNc2ccc3cccc(Br)c3n2)ccn1. The van der Waals surface area contributed by atoms with Crippen LogP contribution in [0.1, 0.15) is 5.56 Å². The fourth-order valence-corrected chi connectivity index (χ4v) is 2.54. The summed E-state index contributed by atoms with van der Waals surface area (Å²) in [6.45, 7) is 0.668. The van der Waals surface area contributed by atoms with Gasteiger partial charge < -0.3 is 10.1 Å². The van der Waals surface area contributed by atoms with Gasteiger partial charge in [-0.1, -0.05) is 12.1 Å². The normalized spacial score (nSPS) is 10.6. The van der Waals surface area contributed by atoms with E-state index in [1.54, 1.807) is 13.3 Å². The van der Waals surface area contributed by atoms with Gasteiger partial charge in [-0.3, -0.25) is 0 Å². The number of rotatable bonds is 4. The van der Waals surface area contributed by atoms with Gasteiger partial charge in [-0.15, -0.1) is 0 Å². The Kier molecular flexibility index (Phi) is 4.01. The van der Waals surface area contributed by atoms with Crippen molar-refractivity contribution in [1.29, 1.82) is 0 Å². The van der Waals surface area contributed by atoms with E-state index in [2.05, 4.69) is 37.3 Å². The molecule has 1 aromatic carbocycles. The van der Waals surface area contributed by atoms with Crippen molar-refractivity contribution >= 4 is 32.7 Å². The molecule has 0 fully saturated rings. The summed E-state index contributed by atoms with van der Waals surface area (Å²) in [6, 6.07) is 13.9. The summed E-state index contributed by atoms with van der Waals surface area (Å²) in [5, 5.41) is 4.43. The molecule has 0 saturated carbocycles. The van der Waals surface area contributed by atoms with Crippen LogP contribution in [0, 0.1) is 0 Å². The summed E-state index contributed by atoms with van der Waals surface area (Å²) in [5.41, 5.74) is 2.05. The molecule has 2 heterocycles. The third kappa shape index (κ3) is 3.13. The minimum atomic E-state index is 0.614. The maximum absolute atomic E-state index is 5.12. The number of anilines is 1. The summed E-state index contributed by atoms with van der Waals surface area (Å²) in [5.74, 6) is 1.45. The van der Waals surface area contributed by atoms with E-state index < -0.39 is 0 Å². The molecule has 0 aliphatic heterocycles. The van der Waals surface area contributed by atoms with E-state index in [0.717, 1.165) is 26.8 Å². The topological polar surface area (TPSA) is 47.0 Å². The van der Waals surface area contributed by atoms with Crippen molar-refractivity contribution in [3.05, 3.63) is 58.7 Å². The van der Waals surface area contributed by atoms with Crippen molar-refractivity contribution in [1.82, 2.24) is 9.97 Å². The summed E-state index contributed by atoms with van der Waals surface area (Å²) in [6.07, 6.45) is 1.74. The fraction of sp³-hybridized carbons (Fsp3) is 0.125. The molecule has 0 aliphatic carbocycles. The van der Waals surface area contributed by atoms with E-state index in [9.17, 15) is 0 Å². The van der Waals surface area contributed by atoms with Gasteiger partial charge in [-0.25, -0.2) is 9.97 Å². The van der Waals surface area contributed by atoms with Gasteiger partial charge in [0.15, 0.2) is 0 Å². The van der Waals surface area contributed by atoms with Gasteiger partial charge in [-0.05, 0) is 45.8 Å². The maximum atomic E-state index is 5.12. The van der Waals surface area contributed by atoms with E-state index in [1.807, 2.05) is 36.4 Å². The van der Waals surface area contributed by atoms with Gasteiger partial charge in [-0.2, -0.15) is 0 Å². The molecule has 0 bridgehead atoms. The molecule has 106 valence electrons. The smallest absolute Gasteiger partial charge is 0.213 e. The molecule has 2 aromatic heterocycles. The molecule has 5 heteroatoms. The van der Waals surface area contributed by atoms with Crippen LogP contribution in [0.15, 0.2) is 53.1 Å². The van der Waals surface area contributed by atoms with Crippen molar-refractivity contribution < 1.29 is 4.74 Å². The summed E-state index contributed by atoms with van der Waals surface area (Å²) in [7, 11) is 1.61. The first-order chi connectivity index (χ1) is 10.3. The van der Waals surface area contributed by atoms with Gasteiger partial charge >= 0.3 is 0 Å². The molecule has 3 rings (SSSR count). The third-order valence-corrected chi connectivity index (χ3v) is 3.79. The Morgan fingerprint density at radius 3 is 2.95 bits per heavy atom. The Morgan fingerprint density at radius 2 is 2.10 bits per heavy atom. The Morgan fingerprint density at radius 1 is 1.19 bits per heavy atom. The summed E-state index contributed by atoms with van der Waals surface area (Å²) < 4.78 is 6.11. The highest BCUT2D eigenvalue weighted by Gasteiger charge is 2.02. The highest BCUT2D eigenvalue weighted by Crippen LogP contribution is 2.23. The number of nitrogens with one attached hydrogen (secondary N) is 1. The number of halogens is 1. The summed E-state index contributed by atoms with van der Waals surface area (Å²) in [4.78, 5) is 8.72. The molecule has 3 aromatic rings. The molecule has 21 heavy (non-hydrogen) atoms. The first-order valence-corrected chi connectivity index (χ1v) is 7.33. The second-order valence-electron chi connectivity index (χ2n) is 4.57. The number of hydrogen-bond donors (Lipinski definition) is 1. The zero-order valence-corrected chi connectivity index (χ0v) is 13.1. The zero-order valence-electron chi connectivity index (χ0n) is 11.5. The lowest BCUT2D eigenvalue weighted by molar-refractivity contribution is 0.397. The molecular weight excluding hydrogens is 330 g/mol. The van der Waals surface area contributed by atoms with Crippen molar-refractivity contribution in [2.45, 2.75) is 6.54 Å². The van der Waals surface area contributed by atoms with Crippen LogP contribution in [0.4, 0.5) is 5.82 Å². The highest BCUT2D eigenvalue weighted by molar-refractivity contribution is 9.10. The monoisotopic (exact) mass is 343 g/mol. The van der Waals surface area contributed by atoms with Crippen LogP contribution in [0.25, 0.3) is 10.9 Å². The van der Waals surface area contributed by atoms with E-state index >= 15 is 0 Å². The van der Waals surface area contributed by atoms with Gasteiger partial charge in [0.2, 0.25) is 5.88 Å². The number of benzene rings is 1. The summed E-state index contributed by atoms with van der Waals surface area (Å²) >= 11 is 3.53. The number of hydrogen-bond acceptors (Lipinski definition) is 4. The van der Waals surface area contributed by atoms with Gasteiger partial charge in [0, 0.05) is 28.7 Å². The zero-order chi connectivity index (χ0) is 14.7. The van der Waals surface area contributed by atoms with Crippen LogP contribution in [0.2, 0.25) is 0 Å². The van der Waals surface area contributed by atoms with Crippen molar-refractivity contribution in [2.75, 3.05) is 12.4 Å². The molecule has 4 nitrogen and oxygen atoms in total. The number of nitrogens with zero attached hydrogens (tertiary/aromatic N) is 2. The maximum Gasteiger partial charge on any atom is 0.213 e. The number of methoxy groups -OCH3 is 1. The average molecular weight is 344 g/mol. The highest BCUT2D eigenvalue weighted by atomic mass is 79.9. The molecular formula is C16H14BrN3O. The lowest BCUT2D eigenvalue weighted by Crippen LogP contribution is -2.02. The second kappa shape index (κ2) is 6.10. The molecule has 0 atom stereocenters. The lowest BCUT2D eigenvalue weighted by atomic mass is 10.2. The third-order valence-electron chi connectivity index (χ3n) is 3.15. The minimum Gasteiger partial charge on any atom is -0.481 e. The van der Waals surface area contributed by atoms with Crippen LogP contribution in [-0.2, 0) is 6.54 Å². The van der Waals surface area contributed by atoms with Crippen LogP contribution in [0.5, 0.6) is 5.88 Å². The Bertz CT molecular complexity index is 776. The van der Waals surface area contributed by atoms with Gasteiger partial charge in [0.05, 0.1) is 12.6 Å². The quantitative estimate of drug-likeness (QED) is 0.777. The molecule has 0 saturated heterocycles. The molecule has 0 radical (unpaired) electrons. The Hall–Kier alpha value is -2.14. The first-order valence-electron chi connectivity index (χ1n) is 6.54. The average Bonchev–Trinajstić information content (AvgIpc) is 2.54. The fourth-order valence-electron chi connectivity index (χ4n) is 2.07. The van der Waals surface area contributed by atoms with Crippen molar-refractivity contribution in [3.8, 4) is 5.88 Å². The van der Waals surface area contributed by atoms with Crippen LogP contribution in [-0.4, -0.2) is 17.1 Å². The number of para-hydroxylation sites is 1. The number of fused-ring (bicyclic) bond motifs is 1. The van der Waals surface area contributed by atoms with Crippen LogP contribution in [0.3, 0.4) is 0 Å².